The first-order valence-electron chi connectivity index (χ1n) is 6.51. The highest BCUT2D eigenvalue weighted by Gasteiger charge is 2.16. The minimum absolute atomic E-state index is 0.00574. The van der Waals surface area contributed by atoms with Crippen LogP contribution in [0.3, 0.4) is 0 Å². The zero-order valence-corrected chi connectivity index (χ0v) is 13.5. The molecule has 1 N–H and O–H groups in total. The third-order valence-electron chi connectivity index (χ3n) is 3.06. The average Bonchev–Trinajstić information content (AvgIpc) is 2.85. The normalized spacial score (nSPS) is 12.6. The number of nitrogens with one attached hydrogen (secondary N) is 1. The first-order valence-corrected chi connectivity index (χ1v) is 8.18. The van der Waals surface area contributed by atoms with Crippen LogP contribution in [-0.2, 0) is 6.42 Å². The minimum Gasteiger partial charge on any atom is -0.310 e. The van der Waals surface area contributed by atoms with Gasteiger partial charge in [0, 0.05) is 6.04 Å². The Labute approximate surface area is 130 Å². The smallest absolute Gasteiger partial charge is 0.126 e. The van der Waals surface area contributed by atoms with Gasteiger partial charge in [0.05, 0.1) is 3.79 Å². The van der Waals surface area contributed by atoms with Crippen molar-refractivity contribution in [1.29, 1.82) is 0 Å². The summed E-state index contributed by atoms with van der Waals surface area (Å²) in [6.45, 7) is 2.92. The molecule has 2 aromatic rings. The number of hydrogen-bond acceptors (Lipinski definition) is 2. The summed E-state index contributed by atoms with van der Waals surface area (Å²) in [4.78, 5) is 0. The summed E-state index contributed by atoms with van der Waals surface area (Å²) in [5.74, 6) is -0.758. The van der Waals surface area contributed by atoms with Gasteiger partial charge in [0.1, 0.15) is 11.6 Å². The van der Waals surface area contributed by atoms with E-state index in [-0.39, 0.29) is 11.9 Å². The standard InChI is InChI=1S/C15H16BrF2NS/c1-2-5-19-14(11-8-15(16)20-9-11)7-10-6-12(17)3-4-13(10)18/h3-4,6,8-9,14,19H,2,5,7H2,1H3. The van der Waals surface area contributed by atoms with Crippen LogP contribution in [0.25, 0.3) is 0 Å². The molecule has 1 aromatic carbocycles. The van der Waals surface area contributed by atoms with Crippen LogP contribution < -0.4 is 5.32 Å². The van der Waals surface area contributed by atoms with Gasteiger partial charge in [-0.15, -0.1) is 11.3 Å². The van der Waals surface area contributed by atoms with Gasteiger partial charge in [0.15, 0.2) is 0 Å². The van der Waals surface area contributed by atoms with Crippen molar-refractivity contribution in [2.45, 2.75) is 25.8 Å². The summed E-state index contributed by atoms with van der Waals surface area (Å²) in [7, 11) is 0. The van der Waals surface area contributed by atoms with Gasteiger partial charge >= 0.3 is 0 Å². The summed E-state index contributed by atoms with van der Waals surface area (Å²) < 4.78 is 28.1. The van der Waals surface area contributed by atoms with Gasteiger partial charge in [0.2, 0.25) is 0 Å². The second-order valence-electron chi connectivity index (χ2n) is 4.63. The molecule has 1 unspecified atom stereocenters. The SMILES string of the molecule is CCCNC(Cc1cc(F)ccc1F)c1csc(Br)c1. The zero-order valence-electron chi connectivity index (χ0n) is 11.1. The molecule has 0 bridgehead atoms. The molecule has 1 nitrogen and oxygen atoms in total. The molecule has 0 radical (unpaired) electrons. The van der Waals surface area contributed by atoms with E-state index in [1.165, 1.54) is 12.1 Å². The molecule has 2 rings (SSSR count). The average molecular weight is 360 g/mol. The second kappa shape index (κ2) is 7.29. The Kier molecular flexibility index (Phi) is 5.69. The fraction of sp³-hybridized carbons (Fsp3) is 0.333. The predicted octanol–water partition coefficient (Wildman–Crippen LogP) is 5.07. The molecular formula is C15H16BrF2NS. The van der Waals surface area contributed by atoms with Crippen molar-refractivity contribution in [3.8, 4) is 0 Å². The first-order chi connectivity index (χ1) is 9.60. The molecule has 1 heterocycles. The van der Waals surface area contributed by atoms with E-state index >= 15 is 0 Å². The molecule has 0 amide bonds. The Morgan fingerprint density at radius 1 is 1.30 bits per heavy atom. The molecule has 0 aliphatic heterocycles. The highest BCUT2D eigenvalue weighted by Crippen LogP contribution is 2.28. The second-order valence-corrected chi connectivity index (χ2v) is 6.92. The topological polar surface area (TPSA) is 12.0 Å². The summed E-state index contributed by atoms with van der Waals surface area (Å²) >= 11 is 5.03. The van der Waals surface area contributed by atoms with Gasteiger partial charge in [-0.1, -0.05) is 6.92 Å². The lowest BCUT2D eigenvalue weighted by molar-refractivity contribution is 0.509. The Bertz CT molecular complexity index is 571. The number of thiophene rings is 1. The number of halogens is 3. The minimum atomic E-state index is -0.401. The van der Waals surface area contributed by atoms with Crippen LogP contribution in [0.1, 0.15) is 30.5 Å². The van der Waals surface area contributed by atoms with Gasteiger partial charge in [-0.05, 0) is 76.1 Å². The van der Waals surface area contributed by atoms with Gasteiger partial charge in [-0.2, -0.15) is 0 Å². The summed E-state index contributed by atoms with van der Waals surface area (Å²) in [6, 6.07) is 5.63. The monoisotopic (exact) mass is 359 g/mol. The van der Waals surface area contributed by atoms with Gasteiger partial charge in [-0.3, -0.25) is 0 Å². The fourth-order valence-electron chi connectivity index (χ4n) is 2.05. The van der Waals surface area contributed by atoms with Crippen molar-refractivity contribution in [3.05, 3.63) is 56.2 Å². The third kappa shape index (κ3) is 4.11. The molecule has 0 saturated heterocycles. The lowest BCUT2D eigenvalue weighted by Gasteiger charge is -2.18. The van der Waals surface area contributed by atoms with Crippen LogP contribution in [0.4, 0.5) is 8.78 Å². The van der Waals surface area contributed by atoms with E-state index in [1.807, 2.05) is 11.4 Å². The number of hydrogen-bond donors (Lipinski definition) is 1. The third-order valence-corrected chi connectivity index (χ3v) is 4.59. The molecule has 0 aliphatic carbocycles. The maximum atomic E-state index is 13.8. The van der Waals surface area contributed by atoms with E-state index in [1.54, 1.807) is 11.3 Å². The van der Waals surface area contributed by atoms with Gasteiger partial charge < -0.3 is 5.32 Å². The van der Waals surface area contributed by atoms with Crippen molar-refractivity contribution in [3.63, 3.8) is 0 Å². The highest BCUT2D eigenvalue weighted by atomic mass is 79.9. The summed E-state index contributed by atoms with van der Waals surface area (Å²) in [5, 5.41) is 5.43. The highest BCUT2D eigenvalue weighted by molar-refractivity contribution is 9.11. The van der Waals surface area contributed by atoms with Crippen LogP contribution in [0.15, 0.2) is 33.4 Å². The Morgan fingerprint density at radius 2 is 2.10 bits per heavy atom. The van der Waals surface area contributed by atoms with E-state index < -0.39 is 5.82 Å². The van der Waals surface area contributed by atoms with Crippen LogP contribution in [0, 0.1) is 11.6 Å². The van der Waals surface area contributed by atoms with Crippen molar-refractivity contribution in [1.82, 2.24) is 5.32 Å². The fourth-order valence-corrected chi connectivity index (χ4v) is 3.28. The predicted molar refractivity (Wildman–Crippen MR) is 83.1 cm³/mol. The van der Waals surface area contributed by atoms with Gasteiger partial charge in [0.25, 0.3) is 0 Å². The van der Waals surface area contributed by atoms with Crippen LogP contribution in [-0.4, -0.2) is 6.54 Å². The molecule has 0 spiro atoms. The molecule has 108 valence electrons. The zero-order chi connectivity index (χ0) is 14.5. The van der Waals surface area contributed by atoms with Gasteiger partial charge in [-0.25, -0.2) is 8.78 Å². The molecule has 0 fully saturated rings. The quantitative estimate of drug-likeness (QED) is 0.758. The largest absolute Gasteiger partial charge is 0.310 e. The van der Waals surface area contributed by atoms with Crippen LogP contribution >= 0.6 is 27.3 Å². The molecule has 20 heavy (non-hydrogen) atoms. The Balaban J connectivity index is 2.21. The maximum Gasteiger partial charge on any atom is 0.126 e. The van der Waals surface area contributed by atoms with E-state index in [0.717, 1.165) is 28.4 Å². The van der Waals surface area contributed by atoms with E-state index in [4.69, 9.17) is 0 Å². The van der Waals surface area contributed by atoms with Crippen LogP contribution in [0.5, 0.6) is 0 Å². The summed E-state index contributed by atoms with van der Waals surface area (Å²) in [5.41, 5.74) is 1.50. The molecule has 1 atom stereocenters. The molecule has 0 saturated carbocycles. The molecular weight excluding hydrogens is 344 g/mol. The lowest BCUT2D eigenvalue weighted by Crippen LogP contribution is -2.24. The lowest BCUT2D eigenvalue weighted by atomic mass is 10.0. The first kappa shape index (κ1) is 15.6. The number of rotatable bonds is 6. The van der Waals surface area contributed by atoms with E-state index in [0.29, 0.717) is 12.0 Å². The van der Waals surface area contributed by atoms with E-state index in [9.17, 15) is 8.78 Å². The number of benzene rings is 1. The Morgan fingerprint density at radius 3 is 2.75 bits per heavy atom. The van der Waals surface area contributed by atoms with Crippen LogP contribution in [0.2, 0.25) is 0 Å². The molecule has 5 heteroatoms. The maximum absolute atomic E-state index is 13.8. The Hall–Kier alpha value is -0.780. The van der Waals surface area contributed by atoms with Crippen molar-refractivity contribution >= 4 is 27.3 Å². The van der Waals surface area contributed by atoms with Crippen molar-refractivity contribution < 1.29 is 8.78 Å². The molecule has 0 aliphatic rings. The van der Waals surface area contributed by atoms with Crippen molar-refractivity contribution in [2.24, 2.45) is 0 Å². The van der Waals surface area contributed by atoms with Crippen molar-refractivity contribution in [2.75, 3.05) is 6.54 Å². The van der Waals surface area contributed by atoms with E-state index in [2.05, 4.69) is 28.2 Å². The summed E-state index contributed by atoms with van der Waals surface area (Å²) in [6.07, 6.45) is 1.43. The molecule has 1 aromatic heterocycles.